The van der Waals surface area contributed by atoms with Gasteiger partial charge in [0.05, 0.1) is 19.9 Å². The van der Waals surface area contributed by atoms with Crippen LogP contribution in [0.25, 0.3) is 0 Å². The summed E-state index contributed by atoms with van der Waals surface area (Å²) in [5, 5.41) is 5.46. The van der Waals surface area contributed by atoms with E-state index in [1.807, 2.05) is 18.2 Å². The highest BCUT2D eigenvalue weighted by molar-refractivity contribution is 5.94. The fourth-order valence-corrected chi connectivity index (χ4v) is 2.43. The Morgan fingerprint density at radius 1 is 1.04 bits per heavy atom. The first-order valence-corrected chi connectivity index (χ1v) is 8.15. The number of amides is 3. The summed E-state index contributed by atoms with van der Waals surface area (Å²) in [6, 6.07) is 14.0. The molecule has 0 aliphatic heterocycles. The first-order valence-electron chi connectivity index (χ1n) is 8.15. The van der Waals surface area contributed by atoms with Gasteiger partial charge in [-0.1, -0.05) is 18.2 Å². The van der Waals surface area contributed by atoms with Crippen molar-refractivity contribution in [2.45, 2.75) is 6.92 Å². The van der Waals surface area contributed by atoms with Crippen LogP contribution in [0.15, 0.2) is 48.5 Å². The number of hydrogen-bond donors (Lipinski definition) is 2. The molecule has 7 nitrogen and oxygen atoms in total. The molecule has 2 aromatic carbocycles. The number of urea groups is 1. The highest BCUT2D eigenvalue weighted by Gasteiger charge is 2.17. The van der Waals surface area contributed by atoms with Crippen LogP contribution in [0.4, 0.5) is 16.2 Å². The number of nitrogens with zero attached hydrogens (tertiary/aromatic N) is 1. The maximum absolute atomic E-state index is 12.1. The normalized spacial score (nSPS) is 9.96. The van der Waals surface area contributed by atoms with Crippen LogP contribution in [-0.4, -0.2) is 39.2 Å². The minimum absolute atomic E-state index is 0.165. The van der Waals surface area contributed by atoms with Gasteiger partial charge in [0.1, 0.15) is 11.5 Å². The number of carbonyl (C=O) groups is 2. The SMILES string of the molecule is COc1ccc(OC)c(N(CCNC(=O)Nc2ccccc2)C(C)=O)c1. The minimum atomic E-state index is -0.336. The number of hydrogen-bond acceptors (Lipinski definition) is 4. The van der Waals surface area contributed by atoms with Crippen molar-refractivity contribution in [1.82, 2.24) is 5.32 Å². The van der Waals surface area contributed by atoms with E-state index >= 15 is 0 Å². The average Bonchev–Trinajstić information content (AvgIpc) is 2.65. The summed E-state index contributed by atoms with van der Waals surface area (Å²) in [5.41, 5.74) is 1.28. The number of methoxy groups -OCH3 is 2. The van der Waals surface area contributed by atoms with Gasteiger partial charge in [0.15, 0.2) is 0 Å². The Bertz CT molecular complexity index is 750. The van der Waals surface area contributed by atoms with Crippen LogP contribution in [0.1, 0.15) is 6.92 Å². The van der Waals surface area contributed by atoms with Gasteiger partial charge in [-0.05, 0) is 24.3 Å². The number of anilines is 2. The molecule has 0 heterocycles. The zero-order valence-corrected chi connectivity index (χ0v) is 15.1. The van der Waals surface area contributed by atoms with Crippen molar-refractivity contribution in [2.24, 2.45) is 0 Å². The molecule has 0 fully saturated rings. The van der Waals surface area contributed by atoms with E-state index in [-0.39, 0.29) is 18.5 Å². The molecule has 0 spiro atoms. The van der Waals surface area contributed by atoms with Gasteiger partial charge in [0.2, 0.25) is 5.91 Å². The van der Waals surface area contributed by atoms with E-state index in [4.69, 9.17) is 9.47 Å². The Hall–Kier alpha value is -3.22. The van der Waals surface area contributed by atoms with Gasteiger partial charge >= 0.3 is 6.03 Å². The summed E-state index contributed by atoms with van der Waals surface area (Å²) in [5.74, 6) is 0.999. The molecule has 2 N–H and O–H groups in total. The number of nitrogens with one attached hydrogen (secondary N) is 2. The maximum Gasteiger partial charge on any atom is 0.319 e. The summed E-state index contributed by atoms with van der Waals surface area (Å²) in [4.78, 5) is 25.6. The highest BCUT2D eigenvalue weighted by Crippen LogP contribution is 2.32. The lowest BCUT2D eigenvalue weighted by atomic mass is 10.2. The quantitative estimate of drug-likeness (QED) is 0.798. The minimum Gasteiger partial charge on any atom is -0.497 e. The van der Waals surface area contributed by atoms with E-state index in [1.165, 1.54) is 18.9 Å². The topological polar surface area (TPSA) is 79.9 Å². The van der Waals surface area contributed by atoms with Crippen molar-refractivity contribution < 1.29 is 19.1 Å². The molecular formula is C19H23N3O4. The summed E-state index contributed by atoms with van der Waals surface area (Å²) < 4.78 is 10.6. The van der Waals surface area contributed by atoms with E-state index in [2.05, 4.69) is 10.6 Å². The molecule has 3 amide bonds. The van der Waals surface area contributed by atoms with E-state index in [9.17, 15) is 9.59 Å². The van der Waals surface area contributed by atoms with Gasteiger partial charge in [-0.25, -0.2) is 4.79 Å². The van der Waals surface area contributed by atoms with E-state index in [1.54, 1.807) is 37.4 Å². The third-order valence-electron chi connectivity index (χ3n) is 3.71. The molecule has 0 saturated carbocycles. The Labute approximate surface area is 152 Å². The Kier molecular flexibility index (Phi) is 6.84. The van der Waals surface area contributed by atoms with Crippen LogP contribution in [0.2, 0.25) is 0 Å². The van der Waals surface area contributed by atoms with Crippen molar-refractivity contribution >= 4 is 23.3 Å². The predicted octanol–water partition coefficient (Wildman–Crippen LogP) is 2.88. The number of para-hydroxylation sites is 1. The molecule has 0 aliphatic rings. The van der Waals surface area contributed by atoms with Crippen LogP contribution >= 0.6 is 0 Å². The van der Waals surface area contributed by atoms with Crippen LogP contribution < -0.4 is 25.0 Å². The van der Waals surface area contributed by atoms with E-state index in [0.717, 1.165) is 0 Å². The highest BCUT2D eigenvalue weighted by atomic mass is 16.5. The van der Waals surface area contributed by atoms with Gasteiger partial charge in [-0.15, -0.1) is 0 Å². The summed E-state index contributed by atoms with van der Waals surface area (Å²) in [7, 11) is 3.09. The second kappa shape index (κ2) is 9.31. The lowest BCUT2D eigenvalue weighted by molar-refractivity contribution is -0.116. The number of rotatable bonds is 7. The Morgan fingerprint density at radius 2 is 1.77 bits per heavy atom. The molecule has 0 bridgehead atoms. The number of benzene rings is 2. The van der Waals surface area contributed by atoms with Crippen molar-refractivity contribution in [3.05, 3.63) is 48.5 Å². The van der Waals surface area contributed by atoms with Gasteiger partial charge in [0.25, 0.3) is 0 Å². The average molecular weight is 357 g/mol. The molecule has 0 aromatic heterocycles. The first kappa shape index (κ1) is 19.1. The second-order valence-electron chi connectivity index (χ2n) is 5.46. The number of ether oxygens (including phenoxy) is 2. The van der Waals surface area contributed by atoms with Gasteiger partial charge in [-0.2, -0.15) is 0 Å². The van der Waals surface area contributed by atoms with Crippen LogP contribution in [0, 0.1) is 0 Å². The molecule has 0 atom stereocenters. The second-order valence-corrected chi connectivity index (χ2v) is 5.46. The predicted molar refractivity (Wildman–Crippen MR) is 101 cm³/mol. The third-order valence-corrected chi connectivity index (χ3v) is 3.71. The summed E-state index contributed by atoms with van der Waals surface area (Å²) in [6.07, 6.45) is 0. The lowest BCUT2D eigenvalue weighted by Gasteiger charge is -2.24. The zero-order valence-electron chi connectivity index (χ0n) is 15.1. The van der Waals surface area contributed by atoms with Crippen LogP contribution in [0.3, 0.4) is 0 Å². The van der Waals surface area contributed by atoms with Crippen LogP contribution in [-0.2, 0) is 4.79 Å². The fraction of sp³-hybridized carbons (Fsp3) is 0.263. The van der Waals surface area contributed by atoms with Crippen molar-refractivity contribution in [3.63, 3.8) is 0 Å². The van der Waals surface area contributed by atoms with E-state index in [0.29, 0.717) is 29.4 Å². The monoisotopic (exact) mass is 357 g/mol. The molecule has 2 rings (SSSR count). The largest absolute Gasteiger partial charge is 0.497 e. The first-order chi connectivity index (χ1) is 12.5. The molecule has 2 aromatic rings. The van der Waals surface area contributed by atoms with Gasteiger partial charge in [-0.3, -0.25) is 4.79 Å². The molecule has 138 valence electrons. The van der Waals surface area contributed by atoms with Crippen molar-refractivity contribution in [2.75, 3.05) is 37.5 Å². The fourth-order valence-electron chi connectivity index (χ4n) is 2.43. The van der Waals surface area contributed by atoms with Gasteiger partial charge < -0.3 is 25.0 Å². The molecule has 7 heteroatoms. The van der Waals surface area contributed by atoms with Crippen molar-refractivity contribution in [3.8, 4) is 11.5 Å². The Balaban J connectivity index is 2.01. The molecule has 0 aliphatic carbocycles. The van der Waals surface area contributed by atoms with Crippen molar-refractivity contribution in [1.29, 1.82) is 0 Å². The molecule has 0 unspecified atom stereocenters. The van der Waals surface area contributed by atoms with Crippen LogP contribution in [0.5, 0.6) is 11.5 Å². The summed E-state index contributed by atoms with van der Waals surface area (Å²) >= 11 is 0. The van der Waals surface area contributed by atoms with Gasteiger partial charge in [0, 0.05) is 31.8 Å². The maximum atomic E-state index is 12.1. The number of carbonyl (C=O) groups excluding carboxylic acids is 2. The zero-order chi connectivity index (χ0) is 18.9. The summed E-state index contributed by atoms with van der Waals surface area (Å²) in [6.45, 7) is 2.03. The molecular weight excluding hydrogens is 334 g/mol. The third kappa shape index (κ3) is 5.14. The standard InChI is InChI=1S/C19H23N3O4/c1-14(23)22(17-13-16(25-2)9-10-18(17)26-3)12-11-20-19(24)21-15-7-5-4-6-8-15/h4-10,13H,11-12H2,1-3H3,(H2,20,21,24). The lowest BCUT2D eigenvalue weighted by Crippen LogP contribution is -2.39. The Morgan fingerprint density at radius 3 is 2.38 bits per heavy atom. The van der Waals surface area contributed by atoms with E-state index < -0.39 is 0 Å². The molecule has 26 heavy (non-hydrogen) atoms. The smallest absolute Gasteiger partial charge is 0.319 e. The molecule has 0 saturated heterocycles. The molecule has 0 radical (unpaired) electrons.